The smallest absolute Gasteiger partial charge is 0.408 e. The number of carbonyl (C=O) groups is 1. The molecule has 8 rings (SSSR count). The number of H-pyrrole nitrogens is 1. The Bertz CT molecular complexity index is 2100. The summed E-state index contributed by atoms with van der Waals surface area (Å²) in [5.74, 6) is 0.387. The summed E-state index contributed by atoms with van der Waals surface area (Å²) in [7, 11) is 0. The number of rotatable bonds is 13. The molecule has 3 aliphatic rings. The number of aromatic hydroxyl groups is 1. The number of aliphatic hydroxyl groups excluding tert-OH is 1. The molecule has 5 aromatic rings. The third-order valence-corrected chi connectivity index (χ3v) is 10.4. The second-order valence-corrected chi connectivity index (χ2v) is 13.8. The Hall–Kier alpha value is -5.23. The molecule has 0 spiro atoms. The van der Waals surface area contributed by atoms with Gasteiger partial charge in [-0.25, -0.2) is 9.18 Å². The Balaban J connectivity index is 1.00. The van der Waals surface area contributed by atoms with Gasteiger partial charge in [-0.15, -0.1) is 0 Å². The van der Waals surface area contributed by atoms with E-state index in [0.29, 0.717) is 53.9 Å². The SMILES string of the molecule is O=C(O)N(C(c1cccc(F)c1)c1cccc(OCc2cccc(CCNC[C@@H](O)c3ccc(O)c4[nH]c(=O)ccc34)c2)c1)[C@H]1CN2CCC1CC2. The van der Waals surface area contributed by atoms with Crippen molar-refractivity contribution < 1.29 is 29.2 Å². The summed E-state index contributed by atoms with van der Waals surface area (Å²) in [5, 5.41) is 35.5. The Kier molecular flexibility index (Phi) is 10.5. The molecule has 1 aromatic heterocycles. The highest BCUT2D eigenvalue weighted by Gasteiger charge is 2.43. The number of hydrogen-bond acceptors (Lipinski definition) is 7. The highest BCUT2D eigenvalue weighted by molar-refractivity contribution is 5.87. The molecule has 52 heavy (non-hydrogen) atoms. The number of aromatic amines is 1. The fraction of sp³-hybridized carbons (Fsp3) is 0.317. The van der Waals surface area contributed by atoms with Gasteiger partial charge in [0, 0.05) is 24.5 Å². The number of amides is 1. The summed E-state index contributed by atoms with van der Waals surface area (Å²) in [6, 6.07) is 26.9. The minimum atomic E-state index is -1.02. The third-order valence-electron chi connectivity index (χ3n) is 10.4. The monoisotopic (exact) mass is 706 g/mol. The highest BCUT2D eigenvalue weighted by atomic mass is 19.1. The fourth-order valence-electron chi connectivity index (χ4n) is 7.83. The maximum Gasteiger partial charge on any atom is 0.408 e. The third kappa shape index (κ3) is 7.81. The number of halogens is 1. The number of aromatic nitrogens is 1. The number of pyridine rings is 1. The van der Waals surface area contributed by atoms with Gasteiger partial charge in [0.1, 0.15) is 23.9 Å². The number of phenols is 1. The van der Waals surface area contributed by atoms with Crippen LogP contribution in [0.5, 0.6) is 11.5 Å². The summed E-state index contributed by atoms with van der Waals surface area (Å²) in [4.78, 5) is 31.2. The van der Waals surface area contributed by atoms with E-state index in [1.807, 2.05) is 42.5 Å². The van der Waals surface area contributed by atoms with Gasteiger partial charge in [0.25, 0.3) is 0 Å². The van der Waals surface area contributed by atoms with Gasteiger partial charge in [-0.3, -0.25) is 9.69 Å². The van der Waals surface area contributed by atoms with Crippen LogP contribution in [0.25, 0.3) is 10.9 Å². The molecule has 3 aliphatic heterocycles. The van der Waals surface area contributed by atoms with Crippen molar-refractivity contribution in [2.75, 3.05) is 32.7 Å². The van der Waals surface area contributed by atoms with Crippen molar-refractivity contribution in [2.45, 2.75) is 44.1 Å². The number of aliphatic hydroxyl groups is 1. The first-order valence-electron chi connectivity index (χ1n) is 17.8. The Morgan fingerprint density at radius 1 is 0.962 bits per heavy atom. The largest absolute Gasteiger partial charge is 0.506 e. The van der Waals surface area contributed by atoms with Crippen LogP contribution in [0.2, 0.25) is 0 Å². The molecule has 10 nitrogen and oxygen atoms in total. The lowest BCUT2D eigenvalue weighted by Crippen LogP contribution is -2.59. The minimum absolute atomic E-state index is 0.0502. The summed E-state index contributed by atoms with van der Waals surface area (Å²) in [6.07, 6.45) is 0.742. The number of fused-ring (bicyclic) bond motifs is 4. The van der Waals surface area contributed by atoms with Gasteiger partial charge in [-0.2, -0.15) is 0 Å². The zero-order valence-electron chi connectivity index (χ0n) is 28.7. The molecule has 5 N–H and O–H groups in total. The van der Waals surface area contributed by atoms with Crippen LogP contribution in [0.3, 0.4) is 0 Å². The molecule has 1 amide bonds. The second-order valence-electron chi connectivity index (χ2n) is 13.8. The molecule has 1 unspecified atom stereocenters. The maximum atomic E-state index is 14.6. The maximum absolute atomic E-state index is 14.6. The van der Waals surface area contributed by atoms with Gasteiger partial charge in [-0.1, -0.05) is 54.6 Å². The van der Waals surface area contributed by atoms with Crippen molar-refractivity contribution in [2.24, 2.45) is 5.92 Å². The molecule has 4 aromatic carbocycles. The number of benzene rings is 4. The van der Waals surface area contributed by atoms with Gasteiger partial charge >= 0.3 is 6.09 Å². The van der Waals surface area contributed by atoms with E-state index in [9.17, 15) is 29.3 Å². The number of hydrogen-bond donors (Lipinski definition) is 5. The first-order chi connectivity index (χ1) is 25.2. The fourth-order valence-corrected chi connectivity index (χ4v) is 7.83. The van der Waals surface area contributed by atoms with Crippen LogP contribution >= 0.6 is 0 Å². The minimum Gasteiger partial charge on any atom is -0.506 e. The Morgan fingerprint density at radius 2 is 1.71 bits per heavy atom. The van der Waals surface area contributed by atoms with E-state index in [4.69, 9.17) is 4.74 Å². The normalized spacial score (nSPS) is 19.3. The van der Waals surface area contributed by atoms with E-state index in [-0.39, 0.29) is 29.8 Å². The molecule has 0 saturated carbocycles. The molecule has 11 heteroatoms. The molecule has 3 saturated heterocycles. The molecule has 270 valence electrons. The van der Waals surface area contributed by atoms with Gasteiger partial charge in [0.15, 0.2) is 0 Å². The number of phenolic OH excluding ortho intramolecular Hbond substituents is 1. The second kappa shape index (κ2) is 15.6. The molecule has 0 aliphatic carbocycles. The van der Waals surface area contributed by atoms with Crippen molar-refractivity contribution in [1.29, 1.82) is 0 Å². The van der Waals surface area contributed by atoms with Gasteiger partial charge in [-0.05, 0) is 109 Å². The number of ether oxygens (including phenoxy) is 1. The van der Waals surface area contributed by atoms with E-state index in [1.54, 1.807) is 24.3 Å². The van der Waals surface area contributed by atoms with Gasteiger partial charge < -0.3 is 35.3 Å². The standard InChI is InChI=1S/C41H43FN4O6/c42-31-8-2-6-29(21-31)40(46(41(50)51)35-24-45-18-15-28(35)16-19-45)30-7-3-9-32(22-30)52-25-27-5-1-4-26(20-27)14-17-43-23-37(48)33-10-12-36(47)39-34(33)11-13-38(49)44-39/h1-13,20-22,28,35,37,40,43,47-48H,14-19,23-25H2,(H,44,49)(H,50,51)/t35-,37+,40?/m0/s1. The molecule has 3 atom stereocenters. The molecular formula is C41H43FN4O6. The molecular weight excluding hydrogens is 663 g/mol. The summed E-state index contributed by atoms with van der Waals surface area (Å²) in [5.41, 5.74) is 3.93. The molecule has 4 heterocycles. The first-order valence-corrected chi connectivity index (χ1v) is 17.8. The van der Waals surface area contributed by atoms with Crippen molar-refractivity contribution in [3.63, 3.8) is 0 Å². The quantitative estimate of drug-likeness (QED) is 0.0944. The lowest BCUT2D eigenvalue weighted by Gasteiger charge is -2.50. The number of nitrogens with one attached hydrogen (secondary N) is 2. The van der Waals surface area contributed by atoms with E-state index >= 15 is 0 Å². The average Bonchev–Trinajstić information content (AvgIpc) is 3.15. The lowest BCUT2D eigenvalue weighted by molar-refractivity contribution is -0.000850. The van der Waals surface area contributed by atoms with Crippen LogP contribution in [-0.2, 0) is 13.0 Å². The first kappa shape index (κ1) is 35.2. The van der Waals surface area contributed by atoms with Crippen molar-refractivity contribution in [3.8, 4) is 11.5 Å². The lowest BCUT2D eigenvalue weighted by atomic mass is 9.81. The molecule has 0 radical (unpaired) electrons. The summed E-state index contributed by atoms with van der Waals surface area (Å²) < 4.78 is 20.8. The van der Waals surface area contributed by atoms with Crippen molar-refractivity contribution in [3.05, 3.63) is 141 Å². The van der Waals surface area contributed by atoms with E-state index < -0.39 is 24.1 Å². The average molecular weight is 707 g/mol. The number of nitrogens with zero attached hydrogens (tertiary/aromatic N) is 2. The summed E-state index contributed by atoms with van der Waals surface area (Å²) >= 11 is 0. The van der Waals surface area contributed by atoms with Crippen molar-refractivity contribution in [1.82, 2.24) is 20.1 Å². The van der Waals surface area contributed by atoms with Gasteiger partial charge in [0.05, 0.1) is 23.7 Å². The van der Waals surface area contributed by atoms with Crippen LogP contribution in [0.15, 0.2) is 102 Å². The van der Waals surface area contributed by atoms with E-state index in [0.717, 1.165) is 42.6 Å². The van der Waals surface area contributed by atoms with Gasteiger partial charge in [0.2, 0.25) is 5.56 Å². The topological polar surface area (TPSA) is 138 Å². The number of piperidine rings is 3. The van der Waals surface area contributed by atoms with Crippen LogP contribution in [0.1, 0.15) is 52.8 Å². The predicted molar refractivity (Wildman–Crippen MR) is 196 cm³/mol. The van der Waals surface area contributed by atoms with E-state index in [1.165, 1.54) is 29.2 Å². The summed E-state index contributed by atoms with van der Waals surface area (Å²) in [6.45, 7) is 3.82. The van der Waals surface area contributed by atoms with Crippen LogP contribution < -0.4 is 15.6 Å². The van der Waals surface area contributed by atoms with Crippen LogP contribution in [0, 0.1) is 11.7 Å². The highest BCUT2D eigenvalue weighted by Crippen LogP contribution is 2.39. The zero-order valence-corrected chi connectivity index (χ0v) is 28.7. The predicted octanol–water partition coefficient (Wildman–Crippen LogP) is 5.98. The zero-order chi connectivity index (χ0) is 36.2. The Labute approximate surface area is 301 Å². The Morgan fingerprint density at radius 3 is 2.46 bits per heavy atom. The van der Waals surface area contributed by atoms with E-state index in [2.05, 4.69) is 21.3 Å². The molecule has 3 fully saturated rings. The van der Waals surface area contributed by atoms with Crippen LogP contribution in [0.4, 0.5) is 9.18 Å². The van der Waals surface area contributed by atoms with Crippen molar-refractivity contribution >= 4 is 17.0 Å². The van der Waals surface area contributed by atoms with Crippen LogP contribution in [-0.4, -0.2) is 75.0 Å². The molecule has 2 bridgehead atoms. The number of carboxylic acid groups (broad SMARTS) is 1.